The lowest BCUT2D eigenvalue weighted by Crippen LogP contribution is -2.21. The summed E-state index contributed by atoms with van der Waals surface area (Å²) in [5, 5.41) is 11.5. The maximum absolute atomic E-state index is 10.1. The number of nitrogens with one attached hydrogen (secondary N) is 1. The number of hydrogen-bond acceptors (Lipinski definition) is 3. The summed E-state index contributed by atoms with van der Waals surface area (Å²) in [6.45, 7) is 4.87. The zero-order valence-electron chi connectivity index (χ0n) is 8.21. The number of ether oxygens (including phenoxy) is 1. The molecule has 78 valence electrons. The fraction of sp³-hybridized carbons (Fsp3) is 0.889. The molecule has 0 heterocycles. The summed E-state index contributed by atoms with van der Waals surface area (Å²) in [5.74, 6) is -0.807. The van der Waals surface area contributed by atoms with Crippen molar-refractivity contribution in [3.05, 3.63) is 0 Å². The maximum atomic E-state index is 10.1. The minimum absolute atomic E-state index is 0.0922. The van der Waals surface area contributed by atoms with Crippen LogP contribution in [0.2, 0.25) is 0 Å². The minimum atomic E-state index is -0.807. The molecule has 0 radical (unpaired) electrons. The van der Waals surface area contributed by atoms with Crippen molar-refractivity contribution >= 4 is 5.97 Å². The van der Waals surface area contributed by atoms with E-state index in [2.05, 4.69) is 12.2 Å². The van der Waals surface area contributed by atoms with Crippen LogP contribution in [0.4, 0.5) is 0 Å². The number of rotatable bonds is 9. The van der Waals surface area contributed by atoms with Crippen LogP contribution in [-0.2, 0) is 9.53 Å². The van der Waals surface area contributed by atoms with Gasteiger partial charge in [-0.2, -0.15) is 0 Å². The molecule has 0 spiro atoms. The highest BCUT2D eigenvalue weighted by Crippen LogP contribution is 1.83. The van der Waals surface area contributed by atoms with Crippen molar-refractivity contribution in [1.29, 1.82) is 0 Å². The Hall–Kier alpha value is -0.610. The van der Waals surface area contributed by atoms with Crippen LogP contribution in [0.1, 0.15) is 26.2 Å². The Kier molecular flexibility index (Phi) is 9.03. The molecule has 0 aliphatic rings. The van der Waals surface area contributed by atoms with E-state index in [-0.39, 0.29) is 6.42 Å². The van der Waals surface area contributed by atoms with Crippen molar-refractivity contribution in [2.24, 2.45) is 0 Å². The third kappa shape index (κ3) is 11.4. The summed E-state index contributed by atoms with van der Waals surface area (Å²) >= 11 is 0. The Labute approximate surface area is 79.3 Å². The summed E-state index contributed by atoms with van der Waals surface area (Å²) in [7, 11) is 0. The van der Waals surface area contributed by atoms with Crippen molar-refractivity contribution in [1.82, 2.24) is 5.32 Å². The molecule has 0 bridgehead atoms. The second-order valence-corrected chi connectivity index (χ2v) is 2.86. The molecule has 0 saturated heterocycles. The Bertz CT molecular complexity index is 128. The van der Waals surface area contributed by atoms with E-state index in [1.54, 1.807) is 0 Å². The van der Waals surface area contributed by atoms with E-state index >= 15 is 0 Å². The first kappa shape index (κ1) is 12.4. The minimum Gasteiger partial charge on any atom is -0.481 e. The highest BCUT2D eigenvalue weighted by atomic mass is 16.5. The van der Waals surface area contributed by atoms with Crippen LogP contribution in [-0.4, -0.2) is 37.4 Å². The second kappa shape index (κ2) is 9.48. The van der Waals surface area contributed by atoms with E-state index in [0.717, 1.165) is 13.1 Å². The zero-order chi connectivity index (χ0) is 9.94. The second-order valence-electron chi connectivity index (χ2n) is 2.86. The van der Waals surface area contributed by atoms with Gasteiger partial charge in [0.25, 0.3) is 0 Å². The number of carboxylic acids is 1. The lowest BCUT2D eigenvalue weighted by atomic mass is 10.3. The molecule has 0 aromatic heterocycles. The number of unbranched alkanes of at least 4 members (excludes halogenated alkanes) is 1. The van der Waals surface area contributed by atoms with E-state index in [1.165, 1.54) is 12.8 Å². The van der Waals surface area contributed by atoms with Gasteiger partial charge in [-0.3, -0.25) is 4.79 Å². The fourth-order valence-corrected chi connectivity index (χ4v) is 0.833. The van der Waals surface area contributed by atoms with Gasteiger partial charge in [-0.25, -0.2) is 0 Å². The summed E-state index contributed by atoms with van der Waals surface area (Å²) in [6, 6.07) is 0. The molecule has 0 unspecified atom stereocenters. The van der Waals surface area contributed by atoms with Gasteiger partial charge in [-0.1, -0.05) is 13.3 Å². The topological polar surface area (TPSA) is 58.6 Å². The van der Waals surface area contributed by atoms with Gasteiger partial charge in [-0.05, 0) is 13.0 Å². The van der Waals surface area contributed by atoms with Crippen molar-refractivity contribution in [3.8, 4) is 0 Å². The van der Waals surface area contributed by atoms with Gasteiger partial charge in [0, 0.05) is 6.54 Å². The van der Waals surface area contributed by atoms with Crippen LogP contribution < -0.4 is 5.32 Å². The summed E-state index contributed by atoms with van der Waals surface area (Å²) in [6.07, 6.45) is 2.46. The Balaban J connectivity index is 2.87. The standard InChI is InChI=1S/C9H19NO3/c1-2-3-5-10-6-8-13-7-4-9(11)12/h10H,2-8H2,1H3,(H,11,12). The van der Waals surface area contributed by atoms with Gasteiger partial charge in [0.15, 0.2) is 0 Å². The monoisotopic (exact) mass is 189 g/mol. The predicted octanol–water partition coefficient (Wildman–Crippen LogP) is 0.867. The van der Waals surface area contributed by atoms with Gasteiger partial charge in [0.2, 0.25) is 0 Å². The van der Waals surface area contributed by atoms with Crippen LogP contribution in [0, 0.1) is 0 Å². The lowest BCUT2D eigenvalue weighted by Gasteiger charge is -2.03. The molecule has 2 N–H and O–H groups in total. The van der Waals surface area contributed by atoms with Gasteiger partial charge in [0.1, 0.15) is 0 Å². The van der Waals surface area contributed by atoms with E-state index in [0.29, 0.717) is 13.2 Å². The molecule has 0 aromatic rings. The SMILES string of the molecule is CCCCNCCOCCC(=O)O. The average Bonchev–Trinajstić information content (AvgIpc) is 2.09. The molecule has 4 heteroatoms. The van der Waals surface area contributed by atoms with Crippen LogP contribution in [0.5, 0.6) is 0 Å². The molecule has 0 saturated carbocycles. The zero-order valence-corrected chi connectivity index (χ0v) is 8.21. The molecule has 0 atom stereocenters. The first-order chi connectivity index (χ1) is 6.27. The van der Waals surface area contributed by atoms with E-state index in [9.17, 15) is 4.79 Å². The van der Waals surface area contributed by atoms with Gasteiger partial charge < -0.3 is 15.2 Å². The van der Waals surface area contributed by atoms with Crippen LogP contribution in [0.3, 0.4) is 0 Å². The molecule has 0 aliphatic carbocycles. The van der Waals surface area contributed by atoms with E-state index in [1.807, 2.05) is 0 Å². The van der Waals surface area contributed by atoms with Crippen molar-refractivity contribution in [2.75, 3.05) is 26.3 Å². The largest absolute Gasteiger partial charge is 0.481 e. The van der Waals surface area contributed by atoms with E-state index < -0.39 is 5.97 Å². The maximum Gasteiger partial charge on any atom is 0.305 e. The number of hydrogen-bond donors (Lipinski definition) is 2. The Morgan fingerprint density at radius 2 is 2.15 bits per heavy atom. The van der Waals surface area contributed by atoms with Crippen molar-refractivity contribution in [2.45, 2.75) is 26.2 Å². The van der Waals surface area contributed by atoms with Crippen molar-refractivity contribution in [3.63, 3.8) is 0 Å². The molecule has 0 fully saturated rings. The fourth-order valence-electron chi connectivity index (χ4n) is 0.833. The first-order valence-electron chi connectivity index (χ1n) is 4.77. The molecule has 0 amide bonds. The first-order valence-corrected chi connectivity index (χ1v) is 4.77. The average molecular weight is 189 g/mol. The number of carbonyl (C=O) groups is 1. The quantitative estimate of drug-likeness (QED) is 0.528. The number of carboxylic acid groups (broad SMARTS) is 1. The van der Waals surface area contributed by atoms with Gasteiger partial charge >= 0.3 is 5.97 Å². The molecule has 13 heavy (non-hydrogen) atoms. The summed E-state index contributed by atoms with van der Waals surface area (Å²) < 4.78 is 5.08. The molecule has 4 nitrogen and oxygen atoms in total. The summed E-state index contributed by atoms with van der Waals surface area (Å²) in [5.41, 5.74) is 0. The molecular formula is C9H19NO3. The lowest BCUT2D eigenvalue weighted by molar-refractivity contribution is -0.138. The smallest absolute Gasteiger partial charge is 0.305 e. The van der Waals surface area contributed by atoms with Gasteiger partial charge in [-0.15, -0.1) is 0 Å². The number of aliphatic carboxylic acids is 1. The van der Waals surface area contributed by atoms with Crippen molar-refractivity contribution < 1.29 is 14.6 Å². The molecule has 0 aliphatic heterocycles. The van der Waals surface area contributed by atoms with Crippen LogP contribution in [0.25, 0.3) is 0 Å². The highest BCUT2D eigenvalue weighted by molar-refractivity contribution is 5.66. The van der Waals surface area contributed by atoms with Gasteiger partial charge in [0.05, 0.1) is 19.6 Å². The van der Waals surface area contributed by atoms with E-state index in [4.69, 9.17) is 9.84 Å². The normalized spacial score (nSPS) is 10.2. The summed E-state index contributed by atoms with van der Waals surface area (Å²) in [4.78, 5) is 10.1. The Morgan fingerprint density at radius 1 is 1.38 bits per heavy atom. The van der Waals surface area contributed by atoms with Crippen LogP contribution >= 0.6 is 0 Å². The molecule has 0 rings (SSSR count). The molecule has 0 aromatic carbocycles. The third-order valence-corrected chi connectivity index (χ3v) is 1.59. The Morgan fingerprint density at radius 3 is 2.77 bits per heavy atom. The predicted molar refractivity (Wildman–Crippen MR) is 50.8 cm³/mol. The molecular weight excluding hydrogens is 170 g/mol. The van der Waals surface area contributed by atoms with Crippen LogP contribution in [0.15, 0.2) is 0 Å². The highest BCUT2D eigenvalue weighted by Gasteiger charge is 1.95. The third-order valence-electron chi connectivity index (χ3n) is 1.59.